The van der Waals surface area contributed by atoms with E-state index in [4.69, 9.17) is 4.74 Å². The van der Waals surface area contributed by atoms with Crippen LogP contribution in [0.2, 0.25) is 0 Å². The molecule has 2 aliphatic rings. The van der Waals surface area contributed by atoms with Crippen LogP contribution in [0.1, 0.15) is 11.1 Å². The summed E-state index contributed by atoms with van der Waals surface area (Å²) in [6.45, 7) is 6.85. The van der Waals surface area contributed by atoms with Gasteiger partial charge < -0.3 is 4.74 Å². The first-order valence-electron chi connectivity index (χ1n) is 5.72. The van der Waals surface area contributed by atoms with Crippen molar-refractivity contribution in [1.29, 1.82) is 0 Å². The lowest BCUT2D eigenvalue weighted by Gasteiger charge is -2.55. The number of benzene rings is 1. The Balaban J connectivity index is 1.60. The van der Waals surface area contributed by atoms with Gasteiger partial charge >= 0.3 is 0 Å². The van der Waals surface area contributed by atoms with E-state index in [0.717, 1.165) is 38.4 Å². The maximum atomic E-state index is 13.1. The van der Waals surface area contributed by atoms with Gasteiger partial charge in [-0.3, -0.25) is 4.90 Å². The van der Waals surface area contributed by atoms with Crippen LogP contribution in [0.15, 0.2) is 18.2 Å². The third-order valence-electron chi connectivity index (χ3n) is 3.56. The van der Waals surface area contributed by atoms with Crippen molar-refractivity contribution in [3.63, 3.8) is 0 Å². The van der Waals surface area contributed by atoms with Crippen LogP contribution in [-0.4, -0.2) is 31.2 Å². The molecule has 0 saturated carbocycles. The standard InChI is InChI=1S/C13H16FNO/c1-10-4-11(2-3-12(10)14)5-15-6-13(7-15)8-16-9-13/h2-4H,5-9H2,1H3. The molecule has 2 aliphatic heterocycles. The van der Waals surface area contributed by atoms with Crippen LogP contribution in [0.4, 0.5) is 4.39 Å². The highest BCUT2D eigenvalue weighted by molar-refractivity contribution is 5.24. The number of likely N-dealkylation sites (tertiary alicyclic amines) is 1. The van der Waals surface area contributed by atoms with E-state index in [2.05, 4.69) is 4.90 Å². The van der Waals surface area contributed by atoms with E-state index in [-0.39, 0.29) is 5.82 Å². The van der Waals surface area contributed by atoms with Crippen LogP contribution in [0, 0.1) is 18.2 Å². The molecular formula is C13H16FNO. The van der Waals surface area contributed by atoms with Crippen LogP contribution < -0.4 is 0 Å². The number of aryl methyl sites for hydroxylation is 1. The lowest BCUT2D eigenvalue weighted by Crippen LogP contribution is -2.65. The maximum Gasteiger partial charge on any atom is 0.126 e. The van der Waals surface area contributed by atoms with Gasteiger partial charge in [-0.1, -0.05) is 12.1 Å². The van der Waals surface area contributed by atoms with Gasteiger partial charge in [0, 0.05) is 25.0 Å². The van der Waals surface area contributed by atoms with E-state index in [1.165, 1.54) is 5.56 Å². The number of rotatable bonds is 2. The van der Waals surface area contributed by atoms with Gasteiger partial charge in [-0.05, 0) is 24.1 Å². The summed E-state index contributed by atoms with van der Waals surface area (Å²) < 4.78 is 18.3. The second kappa shape index (κ2) is 3.54. The molecule has 86 valence electrons. The van der Waals surface area contributed by atoms with Gasteiger partial charge in [0.25, 0.3) is 0 Å². The Kier molecular flexibility index (Phi) is 2.26. The molecule has 0 N–H and O–H groups in total. The SMILES string of the molecule is Cc1cc(CN2CC3(COC3)C2)ccc1F. The summed E-state index contributed by atoms with van der Waals surface area (Å²) in [5.41, 5.74) is 2.41. The highest BCUT2D eigenvalue weighted by Gasteiger charge is 2.48. The van der Waals surface area contributed by atoms with E-state index < -0.39 is 0 Å². The van der Waals surface area contributed by atoms with Crippen molar-refractivity contribution in [2.24, 2.45) is 5.41 Å². The smallest absolute Gasteiger partial charge is 0.126 e. The Morgan fingerprint density at radius 3 is 2.69 bits per heavy atom. The zero-order chi connectivity index (χ0) is 11.2. The molecule has 1 spiro atoms. The molecular weight excluding hydrogens is 205 g/mol. The van der Waals surface area contributed by atoms with Crippen LogP contribution >= 0.6 is 0 Å². The summed E-state index contributed by atoms with van der Waals surface area (Å²) in [6, 6.07) is 5.38. The highest BCUT2D eigenvalue weighted by atomic mass is 19.1. The van der Waals surface area contributed by atoms with Crippen LogP contribution in [0.25, 0.3) is 0 Å². The lowest BCUT2D eigenvalue weighted by atomic mass is 9.78. The molecule has 0 radical (unpaired) electrons. The Hall–Kier alpha value is -0.930. The highest BCUT2D eigenvalue weighted by Crippen LogP contribution is 2.38. The van der Waals surface area contributed by atoms with Gasteiger partial charge in [0.15, 0.2) is 0 Å². The topological polar surface area (TPSA) is 12.5 Å². The minimum atomic E-state index is -0.115. The van der Waals surface area contributed by atoms with Gasteiger partial charge in [-0.2, -0.15) is 0 Å². The van der Waals surface area contributed by atoms with Crippen LogP contribution in [0.3, 0.4) is 0 Å². The molecule has 0 atom stereocenters. The second-order valence-electron chi connectivity index (χ2n) is 5.22. The summed E-state index contributed by atoms with van der Waals surface area (Å²) >= 11 is 0. The van der Waals surface area contributed by atoms with Crippen molar-refractivity contribution in [3.05, 3.63) is 35.1 Å². The zero-order valence-corrected chi connectivity index (χ0v) is 9.50. The third-order valence-corrected chi connectivity index (χ3v) is 3.56. The summed E-state index contributed by atoms with van der Waals surface area (Å²) in [5, 5.41) is 0. The fourth-order valence-electron chi connectivity index (χ4n) is 2.65. The summed E-state index contributed by atoms with van der Waals surface area (Å²) in [6.07, 6.45) is 0. The van der Waals surface area contributed by atoms with Crippen LogP contribution in [0.5, 0.6) is 0 Å². The molecule has 2 heterocycles. The Labute approximate surface area is 95.0 Å². The molecule has 16 heavy (non-hydrogen) atoms. The molecule has 0 bridgehead atoms. The first-order valence-corrected chi connectivity index (χ1v) is 5.72. The molecule has 0 unspecified atom stereocenters. The van der Waals surface area contributed by atoms with Crippen molar-refractivity contribution < 1.29 is 9.13 Å². The predicted octanol–water partition coefficient (Wildman–Crippen LogP) is 1.97. The second-order valence-corrected chi connectivity index (χ2v) is 5.22. The number of halogens is 1. The molecule has 3 rings (SSSR count). The third kappa shape index (κ3) is 1.64. The number of nitrogens with zero attached hydrogens (tertiary/aromatic N) is 1. The van der Waals surface area contributed by atoms with E-state index in [1.807, 2.05) is 19.1 Å². The van der Waals surface area contributed by atoms with Gasteiger partial charge in [-0.25, -0.2) is 4.39 Å². The van der Waals surface area contributed by atoms with Gasteiger partial charge in [0.05, 0.1) is 13.2 Å². The van der Waals surface area contributed by atoms with E-state index >= 15 is 0 Å². The first kappa shape index (κ1) is 10.2. The summed E-state index contributed by atoms with van der Waals surface area (Å²) in [5.74, 6) is -0.115. The molecule has 2 saturated heterocycles. The Bertz CT molecular complexity index is 406. The monoisotopic (exact) mass is 221 g/mol. The first-order chi connectivity index (χ1) is 7.67. The lowest BCUT2D eigenvalue weighted by molar-refractivity contribution is -0.191. The van der Waals surface area contributed by atoms with Gasteiger partial charge in [-0.15, -0.1) is 0 Å². The van der Waals surface area contributed by atoms with Gasteiger partial charge in [0.2, 0.25) is 0 Å². The van der Waals surface area contributed by atoms with E-state index in [0.29, 0.717) is 5.41 Å². The molecule has 1 aromatic rings. The number of ether oxygens (including phenoxy) is 1. The average molecular weight is 221 g/mol. The van der Waals surface area contributed by atoms with Crippen LogP contribution in [-0.2, 0) is 11.3 Å². The van der Waals surface area contributed by atoms with E-state index in [1.54, 1.807) is 6.07 Å². The normalized spacial score (nSPS) is 22.9. The number of hydrogen-bond acceptors (Lipinski definition) is 2. The predicted molar refractivity (Wildman–Crippen MR) is 59.7 cm³/mol. The Morgan fingerprint density at radius 2 is 2.12 bits per heavy atom. The fourth-order valence-corrected chi connectivity index (χ4v) is 2.65. The van der Waals surface area contributed by atoms with Crippen molar-refractivity contribution in [2.75, 3.05) is 26.3 Å². The summed E-state index contributed by atoms with van der Waals surface area (Å²) in [7, 11) is 0. The van der Waals surface area contributed by atoms with Crippen molar-refractivity contribution in [3.8, 4) is 0 Å². The quantitative estimate of drug-likeness (QED) is 0.757. The van der Waals surface area contributed by atoms with Crippen molar-refractivity contribution in [2.45, 2.75) is 13.5 Å². The van der Waals surface area contributed by atoms with E-state index in [9.17, 15) is 4.39 Å². The van der Waals surface area contributed by atoms with Crippen molar-refractivity contribution >= 4 is 0 Å². The maximum absolute atomic E-state index is 13.1. The average Bonchev–Trinajstić information content (AvgIpc) is 2.13. The molecule has 3 heteroatoms. The molecule has 0 amide bonds. The fraction of sp³-hybridized carbons (Fsp3) is 0.538. The number of hydrogen-bond donors (Lipinski definition) is 0. The molecule has 1 aromatic carbocycles. The zero-order valence-electron chi connectivity index (χ0n) is 9.50. The Morgan fingerprint density at radius 1 is 1.38 bits per heavy atom. The minimum Gasteiger partial charge on any atom is -0.380 e. The minimum absolute atomic E-state index is 0.115. The molecule has 2 fully saturated rings. The molecule has 0 aliphatic carbocycles. The van der Waals surface area contributed by atoms with Gasteiger partial charge in [0.1, 0.15) is 5.82 Å². The summed E-state index contributed by atoms with van der Waals surface area (Å²) in [4.78, 5) is 2.40. The van der Waals surface area contributed by atoms with Crippen molar-refractivity contribution in [1.82, 2.24) is 4.90 Å². The largest absolute Gasteiger partial charge is 0.380 e. The molecule has 2 nitrogen and oxygen atoms in total. The molecule has 0 aromatic heterocycles.